The fourth-order valence-corrected chi connectivity index (χ4v) is 3.30. The summed E-state index contributed by atoms with van der Waals surface area (Å²) in [6.45, 7) is 8.36. The Morgan fingerprint density at radius 1 is 1.15 bits per heavy atom. The lowest BCUT2D eigenvalue weighted by atomic mass is 10.1. The van der Waals surface area contributed by atoms with Gasteiger partial charge in [-0.3, -0.25) is 4.90 Å². The molecule has 2 heterocycles. The highest BCUT2D eigenvalue weighted by Gasteiger charge is 2.22. The molecule has 0 amide bonds. The molecule has 0 spiro atoms. The van der Waals surface area contributed by atoms with E-state index >= 15 is 0 Å². The highest BCUT2D eigenvalue weighted by molar-refractivity contribution is 5.89. The maximum Gasteiger partial charge on any atom is 0.339 e. The Labute approximate surface area is 155 Å². The molecule has 3 rings (SSSR count). The first kappa shape index (κ1) is 18.4. The Balaban J connectivity index is 1.63. The maximum atomic E-state index is 11.8. The molecule has 1 atom stereocenters. The molecule has 0 saturated carbocycles. The summed E-state index contributed by atoms with van der Waals surface area (Å²) < 4.78 is 5.02. The molecule has 138 valence electrons. The van der Waals surface area contributed by atoms with Crippen LogP contribution < -0.4 is 4.90 Å². The average molecular weight is 353 g/mol. The highest BCUT2D eigenvalue weighted by Crippen LogP contribution is 2.19. The van der Waals surface area contributed by atoms with Crippen molar-refractivity contribution in [1.82, 2.24) is 9.88 Å². The molecule has 0 bridgehead atoms. The van der Waals surface area contributed by atoms with E-state index in [1.165, 1.54) is 5.56 Å². The molecule has 0 radical (unpaired) electrons. The second kappa shape index (κ2) is 8.81. The number of esters is 1. The van der Waals surface area contributed by atoms with Gasteiger partial charge in [-0.05, 0) is 38.0 Å². The van der Waals surface area contributed by atoms with Gasteiger partial charge in [0.2, 0.25) is 0 Å². The third kappa shape index (κ3) is 4.61. The molecular weight excluding hydrogens is 326 g/mol. The molecule has 1 aliphatic heterocycles. The number of carbonyl (C=O) groups is 1. The number of benzene rings is 1. The molecule has 2 aromatic rings. The predicted octanol–water partition coefficient (Wildman–Crippen LogP) is 3.36. The third-order valence-electron chi connectivity index (χ3n) is 4.91. The number of hydrogen-bond acceptors (Lipinski definition) is 5. The first-order chi connectivity index (χ1) is 12.7. The first-order valence-electron chi connectivity index (χ1n) is 9.33. The lowest BCUT2D eigenvalue weighted by Gasteiger charge is -2.26. The second-order valence-corrected chi connectivity index (χ2v) is 6.71. The summed E-state index contributed by atoms with van der Waals surface area (Å²) >= 11 is 0. The number of ether oxygens (including phenoxy) is 1. The van der Waals surface area contributed by atoms with E-state index < -0.39 is 0 Å². The van der Waals surface area contributed by atoms with Gasteiger partial charge < -0.3 is 9.64 Å². The largest absolute Gasteiger partial charge is 0.462 e. The fourth-order valence-electron chi connectivity index (χ4n) is 3.30. The Kier molecular flexibility index (Phi) is 6.23. The molecule has 1 aromatic heterocycles. The van der Waals surface area contributed by atoms with Crippen LogP contribution in [0.5, 0.6) is 0 Å². The summed E-state index contributed by atoms with van der Waals surface area (Å²) in [5.74, 6) is 0.608. The summed E-state index contributed by atoms with van der Waals surface area (Å²) in [5, 5.41) is 0. The highest BCUT2D eigenvalue weighted by atomic mass is 16.5. The quantitative estimate of drug-likeness (QED) is 0.772. The lowest BCUT2D eigenvalue weighted by molar-refractivity contribution is 0.0526. The van der Waals surface area contributed by atoms with Gasteiger partial charge in [0, 0.05) is 38.4 Å². The van der Waals surface area contributed by atoms with Crippen LogP contribution in [-0.4, -0.2) is 48.1 Å². The normalized spacial score (nSPS) is 18.4. The average Bonchev–Trinajstić information content (AvgIpc) is 2.85. The SMILES string of the molecule is CCOC(=O)c1ccc(N2CCC(C)N(Cc3ccccc3)CC2)nc1. The van der Waals surface area contributed by atoms with Gasteiger partial charge in [-0.2, -0.15) is 0 Å². The van der Waals surface area contributed by atoms with Crippen molar-refractivity contribution in [3.63, 3.8) is 0 Å². The molecule has 1 aliphatic rings. The van der Waals surface area contributed by atoms with Crippen LogP contribution in [0, 0.1) is 0 Å². The number of aromatic nitrogens is 1. The maximum absolute atomic E-state index is 11.8. The summed E-state index contributed by atoms with van der Waals surface area (Å²) in [5.41, 5.74) is 1.86. The van der Waals surface area contributed by atoms with Crippen molar-refractivity contribution in [3.8, 4) is 0 Å². The second-order valence-electron chi connectivity index (χ2n) is 6.71. The summed E-state index contributed by atoms with van der Waals surface area (Å²) in [7, 11) is 0. The summed E-state index contributed by atoms with van der Waals surface area (Å²) in [4.78, 5) is 21.1. The molecule has 0 aliphatic carbocycles. The van der Waals surface area contributed by atoms with Crippen molar-refractivity contribution in [2.45, 2.75) is 32.9 Å². The van der Waals surface area contributed by atoms with Crippen molar-refractivity contribution < 1.29 is 9.53 Å². The van der Waals surface area contributed by atoms with E-state index in [0.29, 0.717) is 18.2 Å². The van der Waals surface area contributed by atoms with Gasteiger partial charge in [0.1, 0.15) is 5.82 Å². The van der Waals surface area contributed by atoms with Gasteiger partial charge in [0.15, 0.2) is 0 Å². The standard InChI is InChI=1S/C21H27N3O2/c1-3-26-21(25)19-9-10-20(22-15-19)23-12-11-17(2)24(14-13-23)16-18-7-5-4-6-8-18/h4-10,15,17H,3,11-14,16H2,1-2H3. The van der Waals surface area contributed by atoms with Gasteiger partial charge >= 0.3 is 5.97 Å². The number of carbonyl (C=O) groups excluding carboxylic acids is 1. The van der Waals surface area contributed by atoms with E-state index in [4.69, 9.17) is 4.74 Å². The van der Waals surface area contributed by atoms with Gasteiger partial charge in [0.05, 0.1) is 12.2 Å². The van der Waals surface area contributed by atoms with Crippen molar-refractivity contribution >= 4 is 11.8 Å². The lowest BCUT2D eigenvalue weighted by Crippen LogP contribution is -2.34. The molecule has 1 saturated heterocycles. The monoisotopic (exact) mass is 353 g/mol. The zero-order valence-corrected chi connectivity index (χ0v) is 15.6. The smallest absolute Gasteiger partial charge is 0.339 e. The number of rotatable bonds is 5. The Hall–Kier alpha value is -2.40. The topological polar surface area (TPSA) is 45.7 Å². The summed E-state index contributed by atoms with van der Waals surface area (Å²) in [6, 6.07) is 14.9. The van der Waals surface area contributed by atoms with Crippen LogP contribution in [0.25, 0.3) is 0 Å². The third-order valence-corrected chi connectivity index (χ3v) is 4.91. The minimum absolute atomic E-state index is 0.315. The van der Waals surface area contributed by atoms with Crippen LogP contribution >= 0.6 is 0 Å². The van der Waals surface area contributed by atoms with Crippen LogP contribution in [0.3, 0.4) is 0 Å². The van der Waals surface area contributed by atoms with Crippen LogP contribution in [0.2, 0.25) is 0 Å². The van der Waals surface area contributed by atoms with E-state index in [2.05, 4.69) is 52.0 Å². The molecular formula is C21H27N3O2. The molecule has 5 heteroatoms. The van der Waals surface area contributed by atoms with E-state index in [9.17, 15) is 4.79 Å². The molecule has 1 unspecified atom stereocenters. The van der Waals surface area contributed by atoms with E-state index in [1.54, 1.807) is 19.2 Å². The first-order valence-corrected chi connectivity index (χ1v) is 9.33. The molecule has 5 nitrogen and oxygen atoms in total. The Morgan fingerprint density at radius 3 is 2.65 bits per heavy atom. The van der Waals surface area contributed by atoms with Crippen molar-refractivity contribution in [2.75, 3.05) is 31.1 Å². The molecule has 26 heavy (non-hydrogen) atoms. The molecule has 1 fully saturated rings. The number of nitrogens with zero attached hydrogens (tertiary/aromatic N) is 3. The number of pyridine rings is 1. The van der Waals surface area contributed by atoms with E-state index in [1.807, 2.05) is 6.07 Å². The minimum atomic E-state index is -0.315. The zero-order valence-electron chi connectivity index (χ0n) is 15.6. The van der Waals surface area contributed by atoms with Crippen molar-refractivity contribution in [1.29, 1.82) is 0 Å². The summed E-state index contributed by atoms with van der Waals surface area (Å²) in [6.07, 6.45) is 2.71. The van der Waals surface area contributed by atoms with Gasteiger partial charge in [0.25, 0.3) is 0 Å². The predicted molar refractivity (Wildman–Crippen MR) is 103 cm³/mol. The van der Waals surface area contributed by atoms with Crippen LogP contribution in [0.15, 0.2) is 48.7 Å². The van der Waals surface area contributed by atoms with Crippen LogP contribution in [0.1, 0.15) is 36.2 Å². The van der Waals surface area contributed by atoms with E-state index in [0.717, 1.165) is 38.4 Å². The van der Waals surface area contributed by atoms with Crippen LogP contribution in [-0.2, 0) is 11.3 Å². The molecule has 0 N–H and O–H groups in total. The minimum Gasteiger partial charge on any atom is -0.462 e. The fraction of sp³-hybridized carbons (Fsp3) is 0.429. The van der Waals surface area contributed by atoms with Gasteiger partial charge in [-0.1, -0.05) is 30.3 Å². The zero-order chi connectivity index (χ0) is 18.4. The van der Waals surface area contributed by atoms with E-state index in [-0.39, 0.29) is 5.97 Å². The van der Waals surface area contributed by atoms with Gasteiger partial charge in [-0.25, -0.2) is 9.78 Å². The van der Waals surface area contributed by atoms with Crippen LogP contribution in [0.4, 0.5) is 5.82 Å². The Morgan fingerprint density at radius 2 is 1.96 bits per heavy atom. The number of anilines is 1. The van der Waals surface area contributed by atoms with Gasteiger partial charge in [-0.15, -0.1) is 0 Å². The molecule has 1 aromatic carbocycles. The number of hydrogen-bond donors (Lipinski definition) is 0. The Bertz CT molecular complexity index is 703. The van der Waals surface area contributed by atoms with Crippen molar-refractivity contribution in [3.05, 3.63) is 59.8 Å². The van der Waals surface area contributed by atoms with Crippen molar-refractivity contribution in [2.24, 2.45) is 0 Å².